The van der Waals surface area contributed by atoms with E-state index in [1.807, 2.05) is 19.1 Å². The van der Waals surface area contributed by atoms with Crippen molar-refractivity contribution < 1.29 is 14.6 Å². The monoisotopic (exact) mass is 315 g/mol. The number of aliphatic hydroxyl groups excluding tert-OH is 1. The first-order chi connectivity index (χ1) is 11.2. The Morgan fingerprint density at radius 2 is 2.26 bits per heavy atom. The van der Waals surface area contributed by atoms with Crippen molar-refractivity contribution in [1.29, 1.82) is 0 Å². The Hall–Kier alpha value is -1.52. The molecule has 1 aromatic carbocycles. The normalized spacial score (nSPS) is 32.0. The van der Waals surface area contributed by atoms with E-state index in [4.69, 9.17) is 9.47 Å². The van der Waals surface area contributed by atoms with Crippen molar-refractivity contribution in [3.63, 3.8) is 0 Å². The Morgan fingerprint density at radius 3 is 3.04 bits per heavy atom. The summed E-state index contributed by atoms with van der Waals surface area (Å²) in [7, 11) is 0. The molecule has 3 atom stereocenters. The molecule has 124 valence electrons. The van der Waals surface area contributed by atoms with Gasteiger partial charge < -0.3 is 14.6 Å². The summed E-state index contributed by atoms with van der Waals surface area (Å²) in [5.41, 5.74) is 2.53. The molecule has 0 radical (unpaired) electrons. The summed E-state index contributed by atoms with van der Waals surface area (Å²) in [6.45, 7) is 7.91. The van der Waals surface area contributed by atoms with E-state index in [-0.39, 0.29) is 11.5 Å². The van der Waals surface area contributed by atoms with E-state index in [1.165, 1.54) is 11.1 Å². The smallest absolute Gasteiger partial charge is 0.166 e. The van der Waals surface area contributed by atoms with Crippen LogP contribution in [0.2, 0.25) is 0 Å². The molecule has 4 nitrogen and oxygen atoms in total. The summed E-state index contributed by atoms with van der Waals surface area (Å²) < 4.78 is 12.2. The Bertz CT molecular complexity index is 642. The highest BCUT2D eigenvalue weighted by atomic mass is 16.5. The van der Waals surface area contributed by atoms with Crippen molar-refractivity contribution in [1.82, 2.24) is 4.90 Å². The summed E-state index contributed by atoms with van der Waals surface area (Å²) in [5.74, 6) is 1.75. The molecule has 0 fully saturated rings. The van der Waals surface area contributed by atoms with Gasteiger partial charge in [0.15, 0.2) is 11.5 Å². The molecule has 1 spiro atoms. The van der Waals surface area contributed by atoms with E-state index in [0.717, 1.165) is 37.6 Å². The van der Waals surface area contributed by atoms with E-state index in [0.29, 0.717) is 13.0 Å². The molecule has 2 heterocycles. The molecule has 2 aliphatic heterocycles. The van der Waals surface area contributed by atoms with Gasteiger partial charge >= 0.3 is 0 Å². The van der Waals surface area contributed by atoms with Gasteiger partial charge in [0.1, 0.15) is 6.10 Å². The Kier molecular flexibility index (Phi) is 3.62. The van der Waals surface area contributed by atoms with Crippen molar-refractivity contribution in [3.8, 4) is 11.5 Å². The number of hydrogen-bond acceptors (Lipinski definition) is 4. The minimum Gasteiger partial charge on any atom is -0.490 e. The fourth-order valence-corrected chi connectivity index (χ4v) is 4.37. The van der Waals surface area contributed by atoms with E-state index in [1.54, 1.807) is 0 Å². The van der Waals surface area contributed by atoms with Crippen LogP contribution in [0, 0.1) is 0 Å². The summed E-state index contributed by atoms with van der Waals surface area (Å²) >= 11 is 0. The Morgan fingerprint density at radius 1 is 1.39 bits per heavy atom. The zero-order valence-electron chi connectivity index (χ0n) is 13.9. The lowest BCUT2D eigenvalue weighted by atomic mass is 9.69. The molecule has 1 aromatic rings. The molecule has 4 rings (SSSR count). The lowest BCUT2D eigenvalue weighted by Crippen LogP contribution is -2.43. The van der Waals surface area contributed by atoms with Gasteiger partial charge in [0, 0.05) is 18.5 Å². The second-order valence-corrected chi connectivity index (χ2v) is 6.79. The fraction of sp³-hybridized carbons (Fsp3) is 0.579. The van der Waals surface area contributed by atoms with Gasteiger partial charge in [-0.05, 0) is 38.1 Å². The van der Waals surface area contributed by atoms with Gasteiger partial charge in [-0.25, -0.2) is 0 Å². The van der Waals surface area contributed by atoms with Gasteiger partial charge in [-0.1, -0.05) is 25.1 Å². The third-order valence-corrected chi connectivity index (χ3v) is 5.56. The molecule has 3 aliphatic rings. The maximum absolute atomic E-state index is 10.1. The van der Waals surface area contributed by atoms with Crippen LogP contribution in [0.1, 0.15) is 37.8 Å². The second kappa shape index (κ2) is 5.53. The van der Waals surface area contributed by atoms with Crippen LogP contribution >= 0.6 is 0 Å². The summed E-state index contributed by atoms with van der Waals surface area (Å²) in [4.78, 5) is 2.49. The number of aliphatic hydroxyl groups is 1. The molecular formula is C19H25NO3. The van der Waals surface area contributed by atoms with Gasteiger partial charge in [-0.2, -0.15) is 0 Å². The molecule has 4 heteroatoms. The lowest BCUT2D eigenvalue weighted by Gasteiger charge is -2.35. The van der Waals surface area contributed by atoms with E-state index in [9.17, 15) is 5.11 Å². The number of rotatable bonds is 3. The number of nitrogens with zero attached hydrogens (tertiary/aromatic N) is 1. The second-order valence-electron chi connectivity index (χ2n) is 6.79. The van der Waals surface area contributed by atoms with E-state index >= 15 is 0 Å². The van der Waals surface area contributed by atoms with Crippen LogP contribution in [-0.2, 0) is 12.0 Å². The van der Waals surface area contributed by atoms with Crippen molar-refractivity contribution in [3.05, 3.63) is 35.4 Å². The van der Waals surface area contributed by atoms with Gasteiger partial charge in [0.25, 0.3) is 0 Å². The Labute approximate surface area is 137 Å². The van der Waals surface area contributed by atoms with Crippen LogP contribution < -0.4 is 9.47 Å². The van der Waals surface area contributed by atoms with Crippen LogP contribution in [-0.4, -0.2) is 41.9 Å². The van der Waals surface area contributed by atoms with Gasteiger partial charge in [0.05, 0.1) is 18.1 Å². The molecule has 0 unspecified atom stereocenters. The van der Waals surface area contributed by atoms with Gasteiger partial charge in [-0.15, -0.1) is 0 Å². The van der Waals surface area contributed by atoms with Crippen LogP contribution in [0.15, 0.2) is 24.3 Å². The van der Waals surface area contributed by atoms with Crippen LogP contribution in [0.25, 0.3) is 0 Å². The molecule has 0 amide bonds. The molecule has 0 saturated heterocycles. The molecular weight excluding hydrogens is 290 g/mol. The molecule has 23 heavy (non-hydrogen) atoms. The minimum atomic E-state index is -0.413. The summed E-state index contributed by atoms with van der Waals surface area (Å²) in [6.07, 6.45) is 5.44. The van der Waals surface area contributed by atoms with Crippen molar-refractivity contribution in [2.24, 2.45) is 0 Å². The zero-order chi connectivity index (χ0) is 16.0. The van der Waals surface area contributed by atoms with Crippen LogP contribution in [0.3, 0.4) is 0 Å². The van der Waals surface area contributed by atoms with E-state index in [2.05, 4.69) is 24.0 Å². The molecule has 1 aliphatic carbocycles. The molecule has 1 N–H and O–H groups in total. The number of ether oxygens (including phenoxy) is 2. The highest BCUT2D eigenvalue weighted by molar-refractivity contribution is 5.61. The first kappa shape index (κ1) is 15.0. The van der Waals surface area contributed by atoms with Gasteiger partial charge in [0.2, 0.25) is 0 Å². The van der Waals surface area contributed by atoms with Crippen molar-refractivity contribution >= 4 is 0 Å². The SMILES string of the molecule is CCOc1ccc2c3c1O[C@H]1C[C@@H](O)C=C[C@@]31CCN(CC)C2. The highest BCUT2D eigenvalue weighted by Gasteiger charge is 2.52. The lowest BCUT2D eigenvalue weighted by molar-refractivity contribution is 0.0809. The van der Waals surface area contributed by atoms with Crippen LogP contribution in [0.4, 0.5) is 0 Å². The minimum absolute atomic E-state index is 0.00895. The van der Waals surface area contributed by atoms with Crippen LogP contribution in [0.5, 0.6) is 11.5 Å². The fourth-order valence-electron chi connectivity index (χ4n) is 4.37. The summed E-state index contributed by atoms with van der Waals surface area (Å²) in [6, 6.07) is 4.24. The third kappa shape index (κ3) is 2.19. The first-order valence-corrected chi connectivity index (χ1v) is 8.73. The molecule has 0 bridgehead atoms. The molecule has 0 aromatic heterocycles. The van der Waals surface area contributed by atoms with Gasteiger partial charge in [-0.3, -0.25) is 4.90 Å². The average molecular weight is 315 g/mol. The third-order valence-electron chi connectivity index (χ3n) is 5.56. The average Bonchev–Trinajstić information content (AvgIpc) is 2.79. The molecule has 0 saturated carbocycles. The first-order valence-electron chi connectivity index (χ1n) is 8.73. The maximum Gasteiger partial charge on any atom is 0.166 e. The predicted octanol–water partition coefficient (Wildman–Crippen LogP) is 2.63. The van der Waals surface area contributed by atoms with Crippen molar-refractivity contribution in [2.45, 2.75) is 50.9 Å². The highest BCUT2D eigenvalue weighted by Crippen LogP contribution is 2.55. The number of hydrogen-bond donors (Lipinski definition) is 1. The van der Waals surface area contributed by atoms with E-state index < -0.39 is 6.10 Å². The largest absolute Gasteiger partial charge is 0.490 e. The quantitative estimate of drug-likeness (QED) is 0.871. The zero-order valence-corrected chi connectivity index (χ0v) is 13.9. The Balaban J connectivity index is 1.89. The number of benzene rings is 1. The maximum atomic E-state index is 10.1. The summed E-state index contributed by atoms with van der Waals surface area (Å²) in [5, 5.41) is 10.1. The standard InChI is InChI=1S/C19H25NO3/c1-3-20-10-9-19-8-7-14(21)11-16(19)23-18-15(22-4-2)6-5-13(12-20)17(18)19/h5-8,14,16,21H,3-4,9-12H2,1-2H3/t14-,16-,19-/m0/s1. The van der Waals surface area contributed by atoms with Crippen molar-refractivity contribution in [2.75, 3.05) is 19.7 Å². The topological polar surface area (TPSA) is 41.9 Å². The predicted molar refractivity (Wildman–Crippen MR) is 89.0 cm³/mol.